The number of carbonyl (C=O) groups excluding carboxylic acids is 1. The van der Waals surface area contributed by atoms with Crippen molar-refractivity contribution >= 4 is 45.4 Å². The molecule has 0 fully saturated rings. The molecule has 4 aromatic rings. The summed E-state index contributed by atoms with van der Waals surface area (Å²) in [7, 11) is 0. The van der Waals surface area contributed by atoms with Crippen molar-refractivity contribution in [1.82, 2.24) is 15.0 Å². The number of rotatable bonds is 8. The third kappa shape index (κ3) is 5.32. The van der Waals surface area contributed by atoms with E-state index in [1.807, 2.05) is 38.1 Å². The third-order valence-electron chi connectivity index (χ3n) is 6.31. The Morgan fingerprint density at radius 1 is 1.24 bits per heavy atom. The number of para-hydroxylation sites is 1. The average molecular weight is 549 g/mol. The number of thiophene rings is 1. The van der Waals surface area contributed by atoms with E-state index in [1.165, 1.54) is 22.9 Å². The van der Waals surface area contributed by atoms with Gasteiger partial charge in [0.1, 0.15) is 4.83 Å². The van der Waals surface area contributed by atoms with Crippen molar-refractivity contribution < 1.29 is 14.6 Å². The van der Waals surface area contributed by atoms with Gasteiger partial charge in [0, 0.05) is 10.4 Å². The van der Waals surface area contributed by atoms with Crippen LogP contribution < -0.4 is 15.7 Å². The number of aryl methyl sites for hydroxylation is 3. The van der Waals surface area contributed by atoms with Gasteiger partial charge in [0.05, 0.1) is 29.6 Å². The number of fused-ring (bicyclic) bond motifs is 3. The lowest BCUT2D eigenvalue weighted by Crippen LogP contribution is -2.24. The summed E-state index contributed by atoms with van der Waals surface area (Å²) in [5.74, 6) is -0.0388. The second-order valence-corrected chi connectivity index (χ2v) is 11.0. The van der Waals surface area contributed by atoms with Crippen LogP contribution in [0.5, 0.6) is 11.5 Å². The van der Waals surface area contributed by atoms with Crippen LogP contribution >= 0.6 is 23.1 Å². The summed E-state index contributed by atoms with van der Waals surface area (Å²) in [6.07, 6.45) is 5.45. The molecular formula is C28H28N4O4S2. The molecule has 0 spiro atoms. The first-order valence-corrected chi connectivity index (χ1v) is 14.3. The number of aromatic hydroxyl groups is 1. The molecule has 8 nitrogen and oxygen atoms in total. The maximum atomic E-state index is 13.8. The zero-order chi connectivity index (χ0) is 26.6. The molecule has 1 amide bonds. The summed E-state index contributed by atoms with van der Waals surface area (Å²) in [5, 5.41) is 15.4. The van der Waals surface area contributed by atoms with Crippen molar-refractivity contribution in [2.75, 3.05) is 12.4 Å². The number of hydrogen-bond donors (Lipinski definition) is 2. The Bertz CT molecular complexity index is 1570. The highest BCUT2D eigenvalue weighted by Gasteiger charge is 2.23. The summed E-state index contributed by atoms with van der Waals surface area (Å²) in [6, 6.07) is 12.8. The lowest BCUT2D eigenvalue weighted by molar-refractivity contribution is -0.118. The summed E-state index contributed by atoms with van der Waals surface area (Å²) in [5.41, 5.74) is 5.76. The zero-order valence-electron chi connectivity index (χ0n) is 21.2. The number of phenols is 1. The molecule has 5 rings (SSSR count). The van der Waals surface area contributed by atoms with E-state index in [0.717, 1.165) is 47.3 Å². The van der Waals surface area contributed by atoms with Gasteiger partial charge in [0.25, 0.3) is 11.5 Å². The molecule has 0 aliphatic heterocycles. The number of amides is 1. The Morgan fingerprint density at radius 3 is 2.82 bits per heavy atom. The second-order valence-electron chi connectivity index (χ2n) is 8.97. The molecule has 0 atom stereocenters. The maximum Gasteiger partial charge on any atom is 0.267 e. The fourth-order valence-corrected chi connectivity index (χ4v) is 6.56. The Kier molecular flexibility index (Phi) is 7.80. The first-order valence-electron chi connectivity index (χ1n) is 12.5. The summed E-state index contributed by atoms with van der Waals surface area (Å²) < 4.78 is 6.99. The van der Waals surface area contributed by atoms with Gasteiger partial charge in [0.2, 0.25) is 0 Å². The highest BCUT2D eigenvalue weighted by atomic mass is 32.2. The highest BCUT2D eigenvalue weighted by Crippen LogP contribution is 2.35. The fraction of sp³-hybridized carbons (Fsp3) is 0.286. The normalized spacial score (nSPS) is 13.1. The van der Waals surface area contributed by atoms with Gasteiger partial charge >= 0.3 is 0 Å². The number of nitrogens with one attached hydrogen (secondary N) is 1. The predicted octanol–water partition coefficient (Wildman–Crippen LogP) is 4.98. The molecule has 10 heteroatoms. The molecule has 0 bridgehead atoms. The van der Waals surface area contributed by atoms with E-state index < -0.39 is 0 Å². The first kappa shape index (κ1) is 26.0. The minimum atomic E-state index is -0.359. The number of ether oxygens (including phenoxy) is 1. The highest BCUT2D eigenvalue weighted by molar-refractivity contribution is 7.99. The van der Waals surface area contributed by atoms with E-state index in [9.17, 15) is 14.7 Å². The van der Waals surface area contributed by atoms with Gasteiger partial charge in [-0.3, -0.25) is 14.2 Å². The molecule has 2 aromatic heterocycles. The van der Waals surface area contributed by atoms with Crippen LogP contribution in [0.4, 0.5) is 0 Å². The molecule has 0 saturated heterocycles. The number of benzene rings is 2. The summed E-state index contributed by atoms with van der Waals surface area (Å²) >= 11 is 2.78. The standard InChI is InChI=1S/C28H28N4O4S2/c1-3-36-21-9-6-7-18(25(21)34)15-29-31-23(33)16-37-28-30-26-24(20-8-4-5-10-22(20)38-26)27(35)32(28)19-13-11-17(2)12-14-19/h6-7,9,11-15,34H,3-5,8,10,16H2,1-2H3,(H,31,33). The number of phenolic OH excluding ortho intramolecular Hbond substituents is 1. The maximum absolute atomic E-state index is 13.8. The second kappa shape index (κ2) is 11.4. The van der Waals surface area contributed by atoms with E-state index >= 15 is 0 Å². The van der Waals surface area contributed by atoms with Crippen molar-refractivity contribution in [3.63, 3.8) is 0 Å². The average Bonchev–Trinajstić information content (AvgIpc) is 3.29. The lowest BCUT2D eigenvalue weighted by atomic mass is 9.97. The van der Waals surface area contributed by atoms with Gasteiger partial charge in [-0.1, -0.05) is 35.5 Å². The van der Waals surface area contributed by atoms with Crippen LogP contribution in [0.25, 0.3) is 15.9 Å². The minimum absolute atomic E-state index is 0.0111. The van der Waals surface area contributed by atoms with Gasteiger partial charge in [-0.15, -0.1) is 11.3 Å². The van der Waals surface area contributed by atoms with E-state index in [-0.39, 0.29) is 23.0 Å². The molecule has 2 aromatic carbocycles. The van der Waals surface area contributed by atoms with E-state index in [0.29, 0.717) is 28.5 Å². The Balaban J connectivity index is 1.39. The Morgan fingerprint density at radius 2 is 2.03 bits per heavy atom. The van der Waals surface area contributed by atoms with Gasteiger partial charge in [-0.2, -0.15) is 5.10 Å². The SMILES string of the molecule is CCOc1cccc(C=NNC(=O)CSc2nc3sc4c(c3c(=O)n2-c2ccc(C)cc2)CCCC4)c1O. The van der Waals surface area contributed by atoms with Crippen LogP contribution in [0.15, 0.2) is 57.5 Å². The molecule has 1 aliphatic carbocycles. The molecule has 0 unspecified atom stereocenters. The molecule has 0 radical (unpaired) electrons. The van der Waals surface area contributed by atoms with E-state index in [4.69, 9.17) is 9.72 Å². The van der Waals surface area contributed by atoms with Crippen molar-refractivity contribution in [1.29, 1.82) is 0 Å². The Labute approximate surface area is 228 Å². The first-order chi connectivity index (χ1) is 18.5. The van der Waals surface area contributed by atoms with Crippen LogP contribution in [-0.2, 0) is 17.6 Å². The fourth-order valence-electron chi connectivity index (χ4n) is 4.46. The summed E-state index contributed by atoms with van der Waals surface area (Å²) in [4.78, 5) is 33.3. The molecule has 196 valence electrons. The number of aromatic nitrogens is 2. The van der Waals surface area contributed by atoms with Gasteiger partial charge in [0.15, 0.2) is 16.7 Å². The van der Waals surface area contributed by atoms with Crippen molar-refractivity contribution in [3.8, 4) is 17.2 Å². The van der Waals surface area contributed by atoms with Crippen LogP contribution in [0.2, 0.25) is 0 Å². The lowest BCUT2D eigenvalue weighted by Gasteiger charge is -2.13. The Hall–Kier alpha value is -3.63. The molecule has 0 saturated carbocycles. The van der Waals surface area contributed by atoms with Crippen LogP contribution in [0, 0.1) is 6.92 Å². The number of hydrogen-bond acceptors (Lipinski definition) is 8. The summed E-state index contributed by atoms with van der Waals surface area (Å²) in [6.45, 7) is 4.25. The van der Waals surface area contributed by atoms with Crippen LogP contribution in [-0.4, -0.2) is 39.1 Å². The number of hydrazone groups is 1. The topological polar surface area (TPSA) is 106 Å². The smallest absolute Gasteiger partial charge is 0.267 e. The predicted molar refractivity (Wildman–Crippen MR) is 152 cm³/mol. The molecule has 38 heavy (non-hydrogen) atoms. The largest absolute Gasteiger partial charge is 0.504 e. The number of thioether (sulfide) groups is 1. The van der Waals surface area contributed by atoms with Crippen molar-refractivity contribution in [3.05, 3.63) is 74.4 Å². The number of carbonyl (C=O) groups is 1. The van der Waals surface area contributed by atoms with Gasteiger partial charge < -0.3 is 9.84 Å². The van der Waals surface area contributed by atoms with Crippen LogP contribution in [0.1, 0.15) is 41.3 Å². The molecule has 1 aliphatic rings. The third-order valence-corrected chi connectivity index (χ3v) is 8.43. The van der Waals surface area contributed by atoms with Crippen LogP contribution in [0.3, 0.4) is 0 Å². The monoisotopic (exact) mass is 548 g/mol. The van der Waals surface area contributed by atoms with E-state index in [2.05, 4.69) is 10.5 Å². The van der Waals surface area contributed by atoms with E-state index in [1.54, 1.807) is 34.1 Å². The van der Waals surface area contributed by atoms with Gasteiger partial charge in [-0.25, -0.2) is 10.4 Å². The van der Waals surface area contributed by atoms with Crippen molar-refractivity contribution in [2.24, 2.45) is 5.10 Å². The minimum Gasteiger partial charge on any atom is -0.504 e. The van der Waals surface area contributed by atoms with Crippen molar-refractivity contribution in [2.45, 2.75) is 44.7 Å². The quantitative estimate of drug-likeness (QED) is 0.139. The van der Waals surface area contributed by atoms with Gasteiger partial charge in [-0.05, 0) is 69.4 Å². The zero-order valence-corrected chi connectivity index (χ0v) is 22.8. The molecular weight excluding hydrogens is 520 g/mol. The molecule has 2 N–H and O–H groups in total. The number of nitrogens with zero attached hydrogens (tertiary/aromatic N) is 3. The molecule has 2 heterocycles.